The van der Waals surface area contributed by atoms with Crippen molar-refractivity contribution in [2.45, 2.75) is 32.7 Å². The second-order valence-electron chi connectivity index (χ2n) is 5.54. The lowest BCUT2D eigenvalue weighted by molar-refractivity contribution is -0.141. The average molecular weight is 329 g/mol. The quantitative estimate of drug-likeness (QED) is 0.794. The van der Waals surface area contributed by atoms with Gasteiger partial charge < -0.3 is 14.8 Å². The number of nitrogens with one attached hydrogen (secondary N) is 1. The second-order valence-corrected chi connectivity index (χ2v) is 5.54. The minimum absolute atomic E-state index is 0.227. The van der Waals surface area contributed by atoms with Gasteiger partial charge in [-0.05, 0) is 31.6 Å². The number of hydrogen-bond donors (Lipinski definition) is 2. The van der Waals surface area contributed by atoms with Crippen molar-refractivity contribution in [3.05, 3.63) is 51.9 Å². The Morgan fingerprint density at radius 2 is 2.12 bits per heavy atom. The molecule has 6 nitrogen and oxygen atoms in total. The van der Waals surface area contributed by atoms with E-state index in [4.69, 9.17) is 9.52 Å². The molecule has 0 aliphatic rings. The first kappa shape index (κ1) is 17.5. The van der Waals surface area contributed by atoms with Gasteiger partial charge in [0.1, 0.15) is 17.9 Å². The monoisotopic (exact) mass is 329 g/mol. The number of benzene rings is 1. The SMILES string of the molecule is CCCC(NC(=O)/C=C/c1coc2ccc(C)cc2c1=O)C(=O)O. The van der Waals surface area contributed by atoms with Crippen LogP contribution < -0.4 is 10.7 Å². The normalized spacial score (nSPS) is 12.4. The van der Waals surface area contributed by atoms with Crippen molar-refractivity contribution < 1.29 is 19.1 Å². The van der Waals surface area contributed by atoms with Crippen LogP contribution >= 0.6 is 0 Å². The summed E-state index contributed by atoms with van der Waals surface area (Å²) < 4.78 is 5.39. The smallest absolute Gasteiger partial charge is 0.326 e. The van der Waals surface area contributed by atoms with Crippen LogP contribution in [0.3, 0.4) is 0 Å². The lowest BCUT2D eigenvalue weighted by Crippen LogP contribution is -2.39. The number of aryl methyl sites for hydroxylation is 1. The molecule has 0 saturated heterocycles. The van der Waals surface area contributed by atoms with E-state index in [-0.39, 0.29) is 11.0 Å². The highest BCUT2D eigenvalue weighted by molar-refractivity contribution is 5.94. The predicted molar refractivity (Wildman–Crippen MR) is 90.7 cm³/mol. The molecule has 0 aliphatic heterocycles. The van der Waals surface area contributed by atoms with Gasteiger partial charge >= 0.3 is 5.97 Å². The maximum Gasteiger partial charge on any atom is 0.326 e. The standard InChI is InChI=1S/C18H19NO5/c1-3-4-14(18(22)23)19-16(20)8-6-12-10-24-15-7-5-11(2)9-13(15)17(12)21/h5-10,14H,3-4H2,1-2H3,(H,19,20)(H,22,23)/b8-6+. The van der Waals surface area contributed by atoms with Gasteiger partial charge in [-0.2, -0.15) is 0 Å². The van der Waals surface area contributed by atoms with E-state index >= 15 is 0 Å². The molecule has 2 aromatic rings. The summed E-state index contributed by atoms with van der Waals surface area (Å²) in [7, 11) is 0. The van der Waals surface area contributed by atoms with Gasteiger partial charge in [-0.25, -0.2) is 4.79 Å². The molecule has 126 valence electrons. The summed E-state index contributed by atoms with van der Waals surface area (Å²) in [4.78, 5) is 35.3. The Morgan fingerprint density at radius 3 is 2.79 bits per heavy atom. The first-order chi connectivity index (χ1) is 11.4. The van der Waals surface area contributed by atoms with Crippen LogP contribution in [0.5, 0.6) is 0 Å². The molecule has 0 fully saturated rings. The Labute approximate surface area is 138 Å². The molecule has 0 spiro atoms. The van der Waals surface area contributed by atoms with Crippen LogP contribution in [-0.4, -0.2) is 23.0 Å². The summed E-state index contributed by atoms with van der Waals surface area (Å²) in [6, 6.07) is 4.34. The molecule has 0 saturated carbocycles. The fourth-order valence-electron chi connectivity index (χ4n) is 2.31. The third-order valence-electron chi connectivity index (χ3n) is 3.56. The van der Waals surface area contributed by atoms with Crippen LogP contribution in [0.25, 0.3) is 17.0 Å². The van der Waals surface area contributed by atoms with Crippen LogP contribution in [0.4, 0.5) is 0 Å². The average Bonchev–Trinajstić information content (AvgIpc) is 2.54. The maximum absolute atomic E-state index is 12.4. The van der Waals surface area contributed by atoms with Crippen molar-refractivity contribution >= 4 is 28.9 Å². The molecule has 1 heterocycles. The lowest BCUT2D eigenvalue weighted by Gasteiger charge is -2.11. The number of carboxylic acids is 1. The molecule has 1 aromatic heterocycles. The Hall–Kier alpha value is -2.89. The summed E-state index contributed by atoms with van der Waals surface area (Å²) in [5.41, 5.74) is 1.39. The summed E-state index contributed by atoms with van der Waals surface area (Å²) in [5, 5.41) is 11.9. The number of hydrogen-bond acceptors (Lipinski definition) is 4. The number of carbonyl (C=O) groups is 2. The highest BCUT2D eigenvalue weighted by atomic mass is 16.4. The number of rotatable bonds is 6. The van der Waals surface area contributed by atoms with Crippen molar-refractivity contribution in [2.24, 2.45) is 0 Å². The third-order valence-corrected chi connectivity index (χ3v) is 3.56. The van der Waals surface area contributed by atoms with E-state index in [2.05, 4.69) is 5.32 Å². The van der Waals surface area contributed by atoms with Gasteiger partial charge in [0.2, 0.25) is 5.91 Å². The molecule has 2 N–H and O–H groups in total. The van der Waals surface area contributed by atoms with Crippen molar-refractivity contribution in [1.29, 1.82) is 0 Å². The van der Waals surface area contributed by atoms with E-state index in [1.807, 2.05) is 19.9 Å². The number of carbonyl (C=O) groups excluding carboxylic acids is 1. The van der Waals surface area contributed by atoms with Crippen molar-refractivity contribution in [1.82, 2.24) is 5.32 Å². The zero-order chi connectivity index (χ0) is 17.7. The Morgan fingerprint density at radius 1 is 1.38 bits per heavy atom. The molecule has 2 rings (SSSR count). The molecule has 0 radical (unpaired) electrons. The highest BCUT2D eigenvalue weighted by Crippen LogP contribution is 2.13. The van der Waals surface area contributed by atoms with Crippen LogP contribution in [0, 0.1) is 6.92 Å². The van der Waals surface area contributed by atoms with E-state index in [1.165, 1.54) is 12.3 Å². The second kappa shape index (κ2) is 7.59. The maximum atomic E-state index is 12.4. The Balaban J connectivity index is 2.21. The molecular weight excluding hydrogens is 310 g/mol. The van der Waals surface area contributed by atoms with E-state index in [0.717, 1.165) is 11.6 Å². The van der Waals surface area contributed by atoms with Gasteiger partial charge in [0, 0.05) is 6.08 Å². The summed E-state index contributed by atoms with van der Waals surface area (Å²) in [5.74, 6) is -1.65. The summed E-state index contributed by atoms with van der Waals surface area (Å²) in [6.45, 7) is 3.70. The van der Waals surface area contributed by atoms with E-state index in [9.17, 15) is 14.4 Å². The lowest BCUT2D eigenvalue weighted by atomic mass is 10.1. The van der Waals surface area contributed by atoms with Gasteiger partial charge in [-0.15, -0.1) is 0 Å². The summed E-state index contributed by atoms with van der Waals surface area (Å²) >= 11 is 0. The minimum atomic E-state index is -1.08. The number of aliphatic carboxylic acids is 1. The highest BCUT2D eigenvalue weighted by Gasteiger charge is 2.17. The fourth-order valence-corrected chi connectivity index (χ4v) is 2.31. The predicted octanol–water partition coefficient (Wildman–Crippen LogP) is 2.48. The van der Waals surface area contributed by atoms with Gasteiger partial charge in [0.25, 0.3) is 0 Å². The largest absolute Gasteiger partial charge is 0.480 e. The zero-order valence-electron chi connectivity index (χ0n) is 13.5. The van der Waals surface area contributed by atoms with Crippen molar-refractivity contribution in [2.75, 3.05) is 0 Å². The molecular formula is C18H19NO5. The molecule has 0 aliphatic carbocycles. The number of amides is 1. The third kappa shape index (κ3) is 4.10. The van der Waals surface area contributed by atoms with Crippen molar-refractivity contribution in [3.63, 3.8) is 0 Å². The molecule has 24 heavy (non-hydrogen) atoms. The van der Waals surface area contributed by atoms with Crippen LogP contribution in [0.2, 0.25) is 0 Å². The summed E-state index contributed by atoms with van der Waals surface area (Å²) in [6.07, 6.45) is 4.72. The fraction of sp³-hybridized carbons (Fsp3) is 0.278. The molecule has 6 heteroatoms. The number of fused-ring (bicyclic) bond motifs is 1. The first-order valence-corrected chi connectivity index (χ1v) is 7.66. The Kier molecular flexibility index (Phi) is 5.52. The van der Waals surface area contributed by atoms with Gasteiger partial charge in [-0.3, -0.25) is 9.59 Å². The van der Waals surface area contributed by atoms with Crippen LogP contribution in [0.1, 0.15) is 30.9 Å². The van der Waals surface area contributed by atoms with Crippen molar-refractivity contribution in [3.8, 4) is 0 Å². The molecule has 1 amide bonds. The Bertz CT molecular complexity index is 850. The van der Waals surface area contributed by atoms with E-state index in [1.54, 1.807) is 12.1 Å². The van der Waals surface area contributed by atoms with Gasteiger partial charge in [-0.1, -0.05) is 25.0 Å². The zero-order valence-corrected chi connectivity index (χ0v) is 13.5. The van der Waals surface area contributed by atoms with E-state index < -0.39 is 17.9 Å². The molecule has 1 atom stereocenters. The topological polar surface area (TPSA) is 96.6 Å². The first-order valence-electron chi connectivity index (χ1n) is 7.66. The molecule has 1 unspecified atom stereocenters. The van der Waals surface area contributed by atoms with Crippen LogP contribution in [0.15, 0.2) is 39.7 Å². The molecule has 1 aromatic carbocycles. The molecule has 0 bridgehead atoms. The van der Waals surface area contributed by atoms with Gasteiger partial charge in [0.15, 0.2) is 5.43 Å². The van der Waals surface area contributed by atoms with Crippen LogP contribution in [-0.2, 0) is 9.59 Å². The number of carboxylic acid groups (broad SMARTS) is 1. The minimum Gasteiger partial charge on any atom is -0.480 e. The van der Waals surface area contributed by atoms with Gasteiger partial charge in [0.05, 0.1) is 10.9 Å². The van der Waals surface area contributed by atoms with E-state index in [0.29, 0.717) is 23.8 Å².